The number of hydrogen-bond acceptors (Lipinski definition) is 3. The van der Waals surface area contributed by atoms with Gasteiger partial charge in [0.05, 0.1) is 12.8 Å². The Morgan fingerprint density at radius 1 is 0.857 bits per heavy atom. The molecule has 0 aromatic heterocycles. The zero-order valence-electron chi connectivity index (χ0n) is 15.5. The average Bonchev–Trinajstić information content (AvgIpc) is 2.68. The molecule has 0 radical (unpaired) electrons. The molecule has 2 amide bonds. The molecule has 142 valence electrons. The predicted molar refractivity (Wildman–Crippen MR) is 112 cm³/mol. The number of hydrogen-bond donors (Lipinski definition) is 2. The molecule has 0 saturated heterocycles. The van der Waals surface area contributed by atoms with Gasteiger partial charge < -0.3 is 15.4 Å². The molecule has 0 fully saturated rings. The lowest BCUT2D eigenvalue weighted by atomic mass is 10.1. The van der Waals surface area contributed by atoms with Crippen LogP contribution in [0.25, 0.3) is 0 Å². The van der Waals surface area contributed by atoms with Crippen LogP contribution in [0.1, 0.15) is 26.3 Å². The molecule has 0 bridgehead atoms. The average molecular weight is 395 g/mol. The third-order valence-corrected chi connectivity index (χ3v) is 4.33. The second-order valence-corrected chi connectivity index (χ2v) is 6.64. The normalized spacial score (nSPS) is 10.2. The molecular weight excluding hydrogens is 376 g/mol. The maximum absolute atomic E-state index is 12.5. The lowest BCUT2D eigenvalue weighted by Crippen LogP contribution is -2.14. The van der Waals surface area contributed by atoms with Crippen molar-refractivity contribution in [3.63, 3.8) is 0 Å². The minimum absolute atomic E-state index is 0.242. The summed E-state index contributed by atoms with van der Waals surface area (Å²) in [6.45, 7) is 1.96. The Morgan fingerprint density at radius 3 is 2.11 bits per heavy atom. The molecule has 3 aromatic rings. The van der Waals surface area contributed by atoms with Gasteiger partial charge >= 0.3 is 0 Å². The van der Waals surface area contributed by atoms with Crippen LogP contribution in [0.5, 0.6) is 5.75 Å². The number of amides is 2. The summed E-state index contributed by atoms with van der Waals surface area (Å²) in [4.78, 5) is 24.9. The summed E-state index contributed by atoms with van der Waals surface area (Å²) in [6.07, 6.45) is 0. The fourth-order valence-electron chi connectivity index (χ4n) is 2.67. The van der Waals surface area contributed by atoms with Crippen molar-refractivity contribution in [2.45, 2.75) is 6.92 Å². The monoisotopic (exact) mass is 394 g/mol. The van der Waals surface area contributed by atoms with Crippen LogP contribution in [0.2, 0.25) is 5.02 Å². The lowest BCUT2D eigenvalue weighted by Gasteiger charge is -2.11. The van der Waals surface area contributed by atoms with Crippen molar-refractivity contribution in [1.82, 2.24) is 0 Å². The Bertz CT molecular complexity index is 1020. The zero-order chi connectivity index (χ0) is 20.1. The standard InChI is InChI=1S/C22H19ClN2O3/c1-14-4-3-5-18(12-14)24-21(26)15-6-8-16(9-7-15)22(27)25-19-13-17(23)10-11-20(19)28-2/h3-13H,1-2H3,(H,24,26)(H,25,27). The molecule has 2 N–H and O–H groups in total. The molecule has 3 rings (SSSR count). The number of carbonyl (C=O) groups excluding carboxylic acids is 2. The van der Waals surface area contributed by atoms with Gasteiger partial charge in [-0.2, -0.15) is 0 Å². The Hall–Kier alpha value is -3.31. The third kappa shape index (κ3) is 4.69. The minimum atomic E-state index is -0.328. The number of rotatable bonds is 5. The fraction of sp³-hybridized carbons (Fsp3) is 0.0909. The molecule has 28 heavy (non-hydrogen) atoms. The van der Waals surface area contributed by atoms with Gasteiger partial charge in [-0.25, -0.2) is 0 Å². The quantitative estimate of drug-likeness (QED) is 0.628. The fourth-order valence-corrected chi connectivity index (χ4v) is 2.84. The number of nitrogens with one attached hydrogen (secondary N) is 2. The summed E-state index contributed by atoms with van der Waals surface area (Å²) < 4.78 is 5.23. The molecule has 0 aliphatic carbocycles. The van der Waals surface area contributed by atoms with Crippen molar-refractivity contribution in [2.75, 3.05) is 17.7 Å². The highest BCUT2D eigenvalue weighted by molar-refractivity contribution is 6.31. The summed E-state index contributed by atoms with van der Waals surface area (Å²) in [7, 11) is 1.51. The highest BCUT2D eigenvalue weighted by Gasteiger charge is 2.12. The van der Waals surface area contributed by atoms with E-state index in [0.29, 0.717) is 27.6 Å². The highest BCUT2D eigenvalue weighted by atomic mass is 35.5. The second-order valence-electron chi connectivity index (χ2n) is 6.20. The first-order chi connectivity index (χ1) is 13.5. The number of halogens is 1. The van der Waals surface area contributed by atoms with Crippen molar-refractivity contribution < 1.29 is 14.3 Å². The van der Waals surface area contributed by atoms with Gasteiger partial charge in [-0.05, 0) is 67.1 Å². The first-order valence-electron chi connectivity index (χ1n) is 8.59. The van der Waals surface area contributed by atoms with E-state index in [4.69, 9.17) is 16.3 Å². The molecule has 0 spiro atoms. The van der Waals surface area contributed by atoms with Crippen molar-refractivity contribution in [1.29, 1.82) is 0 Å². The van der Waals surface area contributed by atoms with Crippen molar-refractivity contribution >= 4 is 34.8 Å². The Balaban J connectivity index is 1.71. The molecule has 0 aliphatic rings. The molecule has 6 heteroatoms. The van der Waals surface area contributed by atoms with E-state index in [1.54, 1.807) is 42.5 Å². The van der Waals surface area contributed by atoms with Crippen LogP contribution in [0, 0.1) is 6.92 Å². The van der Waals surface area contributed by atoms with E-state index in [9.17, 15) is 9.59 Å². The number of benzene rings is 3. The van der Waals surface area contributed by atoms with Gasteiger partial charge in [-0.1, -0.05) is 23.7 Å². The zero-order valence-corrected chi connectivity index (χ0v) is 16.2. The van der Waals surface area contributed by atoms with Gasteiger partial charge in [0.2, 0.25) is 0 Å². The second kappa shape index (κ2) is 8.59. The van der Waals surface area contributed by atoms with Gasteiger partial charge in [-0.15, -0.1) is 0 Å². The maximum atomic E-state index is 12.5. The van der Waals surface area contributed by atoms with E-state index in [1.165, 1.54) is 7.11 Å². The van der Waals surface area contributed by atoms with Crippen molar-refractivity contribution in [2.24, 2.45) is 0 Å². The smallest absolute Gasteiger partial charge is 0.255 e. The van der Waals surface area contributed by atoms with E-state index in [0.717, 1.165) is 11.3 Å². The van der Waals surface area contributed by atoms with Crippen LogP contribution >= 0.6 is 11.6 Å². The van der Waals surface area contributed by atoms with E-state index in [2.05, 4.69) is 10.6 Å². The molecule has 5 nitrogen and oxygen atoms in total. The van der Waals surface area contributed by atoms with Crippen LogP contribution in [-0.4, -0.2) is 18.9 Å². The Labute approximate surface area is 168 Å². The molecular formula is C22H19ClN2O3. The highest BCUT2D eigenvalue weighted by Crippen LogP contribution is 2.28. The van der Waals surface area contributed by atoms with Crippen molar-refractivity contribution in [3.05, 3.63) is 88.4 Å². The van der Waals surface area contributed by atoms with E-state index in [-0.39, 0.29) is 11.8 Å². The van der Waals surface area contributed by atoms with Crippen LogP contribution in [0.15, 0.2) is 66.7 Å². The van der Waals surface area contributed by atoms with Crippen LogP contribution in [0.3, 0.4) is 0 Å². The summed E-state index contributed by atoms with van der Waals surface area (Å²) in [5.74, 6) is -0.0628. The van der Waals surface area contributed by atoms with Crippen LogP contribution in [-0.2, 0) is 0 Å². The number of ether oxygens (including phenoxy) is 1. The molecule has 3 aromatic carbocycles. The summed E-state index contributed by atoms with van der Waals surface area (Å²) in [6, 6.07) is 18.9. The first-order valence-corrected chi connectivity index (χ1v) is 8.97. The molecule has 0 atom stereocenters. The van der Waals surface area contributed by atoms with Crippen LogP contribution in [0.4, 0.5) is 11.4 Å². The Morgan fingerprint density at radius 2 is 1.50 bits per heavy atom. The minimum Gasteiger partial charge on any atom is -0.495 e. The van der Waals surface area contributed by atoms with E-state index >= 15 is 0 Å². The van der Waals surface area contributed by atoms with Gasteiger partial charge in [0.15, 0.2) is 0 Å². The number of methoxy groups -OCH3 is 1. The van der Waals surface area contributed by atoms with Gasteiger partial charge in [0, 0.05) is 21.8 Å². The van der Waals surface area contributed by atoms with Crippen molar-refractivity contribution in [3.8, 4) is 5.75 Å². The summed E-state index contributed by atoms with van der Waals surface area (Å²) in [5, 5.41) is 6.09. The molecule has 0 aliphatic heterocycles. The Kier molecular flexibility index (Phi) is 5.96. The SMILES string of the molecule is COc1ccc(Cl)cc1NC(=O)c1ccc(C(=O)Nc2cccc(C)c2)cc1. The predicted octanol–water partition coefficient (Wildman–Crippen LogP) is 5.16. The van der Waals surface area contributed by atoms with Gasteiger partial charge in [0.1, 0.15) is 5.75 Å². The van der Waals surface area contributed by atoms with Gasteiger partial charge in [-0.3, -0.25) is 9.59 Å². The lowest BCUT2D eigenvalue weighted by molar-refractivity contribution is 0.101. The third-order valence-electron chi connectivity index (χ3n) is 4.09. The molecule has 0 heterocycles. The topological polar surface area (TPSA) is 67.4 Å². The largest absolute Gasteiger partial charge is 0.495 e. The van der Waals surface area contributed by atoms with E-state index < -0.39 is 0 Å². The maximum Gasteiger partial charge on any atom is 0.255 e. The van der Waals surface area contributed by atoms with E-state index in [1.807, 2.05) is 31.2 Å². The summed E-state index contributed by atoms with van der Waals surface area (Å²) >= 11 is 5.98. The first kappa shape index (κ1) is 19.5. The number of anilines is 2. The summed E-state index contributed by atoms with van der Waals surface area (Å²) in [5.41, 5.74) is 3.12. The molecule has 0 saturated carbocycles. The van der Waals surface area contributed by atoms with Crippen LogP contribution < -0.4 is 15.4 Å². The molecule has 0 unspecified atom stereocenters. The van der Waals surface area contributed by atoms with Gasteiger partial charge in [0.25, 0.3) is 11.8 Å². The number of aryl methyl sites for hydroxylation is 1. The number of carbonyl (C=O) groups is 2.